The van der Waals surface area contributed by atoms with E-state index in [9.17, 15) is 0 Å². The predicted molar refractivity (Wildman–Crippen MR) is 105 cm³/mol. The number of methoxy groups -OCH3 is 1. The Morgan fingerprint density at radius 2 is 2.18 bits per heavy atom. The van der Waals surface area contributed by atoms with Gasteiger partial charge in [-0.15, -0.1) is 35.3 Å². The molecule has 0 amide bonds. The maximum absolute atomic E-state index is 5.05. The van der Waals surface area contributed by atoms with Crippen molar-refractivity contribution in [3.05, 3.63) is 16.1 Å². The van der Waals surface area contributed by atoms with E-state index >= 15 is 0 Å². The molecular weight excluding hydrogens is 411 g/mol. The van der Waals surface area contributed by atoms with Crippen LogP contribution in [0.3, 0.4) is 0 Å². The zero-order chi connectivity index (χ0) is 15.5. The zero-order valence-electron chi connectivity index (χ0n) is 14.1. The second-order valence-electron chi connectivity index (χ2n) is 5.00. The van der Waals surface area contributed by atoms with Crippen LogP contribution in [0.2, 0.25) is 0 Å². The highest BCUT2D eigenvalue weighted by atomic mass is 127. The SMILES string of the molecule is CCNC(=NCCCCCOC)N(C)Cc1csc(C)n1.I. The molecule has 0 aliphatic carbocycles. The number of rotatable bonds is 9. The quantitative estimate of drug-likeness (QED) is 0.277. The summed E-state index contributed by atoms with van der Waals surface area (Å²) in [6.45, 7) is 7.49. The zero-order valence-corrected chi connectivity index (χ0v) is 17.2. The average molecular weight is 440 g/mol. The molecule has 1 aromatic rings. The first-order valence-corrected chi connectivity index (χ1v) is 8.44. The van der Waals surface area contributed by atoms with Crippen molar-refractivity contribution in [2.24, 2.45) is 4.99 Å². The van der Waals surface area contributed by atoms with Gasteiger partial charge in [0.15, 0.2) is 5.96 Å². The van der Waals surface area contributed by atoms with Crippen LogP contribution < -0.4 is 5.32 Å². The molecule has 5 nitrogen and oxygen atoms in total. The van der Waals surface area contributed by atoms with Crippen LogP contribution in [0, 0.1) is 6.92 Å². The molecule has 1 heterocycles. The average Bonchev–Trinajstić information content (AvgIpc) is 2.86. The van der Waals surface area contributed by atoms with Crippen LogP contribution in [0.4, 0.5) is 0 Å². The van der Waals surface area contributed by atoms with Gasteiger partial charge in [-0.25, -0.2) is 4.98 Å². The Kier molecular flexibility index (Phi) is 12.8. The lowest BCUT2D eigenvalue weighted by Gasteiger charge is -2.21. The molecular formula is C15H29IN4OS. The lowest BCUT2D eigenvalue weighted by molar-refractivity contribution is 0.192. The van der Waals surface area contributed by atoms with E-state index in [4.69, 9.17) is 4.74 Å². The van der Waals surface area contributed by atoms with E-state index < -0.39 is 0 Å². The summed E-state index contributed by atoms with van der Waals surface area (Å²) in [7, 11) is 3.80. The monoisotopic (exact) mass is 440 g/mol. The van der Waals surface area contributed by atoms with E-state index in [1.807, 2.05) is 6.92 Å². The summed E-state index contributed by atoms with van der Waals surface area (Å²) in [6.07, 6.45) is 3.37. The van der Waals surface area contributed by atoms with E-state index in [1.165, 1.54) is 0 Å². The molecule has 0 radical (unpaired) electrons. The lowest BCUT2D eigenvalue weighted by atomic mass is 10.2. The third-order valence-electron chi connectivity index (χ3n) is 3.03. The van der Waals surface area contributed by atoms with Crippen LogP contribution in [0.5, 0.6) is 0 Å². The van der Waals surface area contributed by atoms with E-state index in [0.717, 1.165) is 62.2 Å². The minimum atomic E-state index is 0. The Balaban J connectivity index is 0.00000441. The number of aryl methyl sites for hydroxylation is 1. The first kappa shape index (κ1) is 21.6. The molecule has 0 atom stereocenters. The number of nitrogens with one attached hydrogen (secondary N) is 1. The first-order valence-electron chi connectivity index (χ1n) is 7.56. The number of thiazole rings is 1. The molecule has 0 saturated heterocycles. The molecule has 7 heteroatoms. The number of unbranched alkanes of at least 4 members (excludes halogenated alkanes) is 2. The molecule has 0 aromatic carbocycles. The molecule has 0 fully saturated rings. The highest BCUT2D eigenvalue weighted by molar-refractivity contribution is 14.0. The molecule has 0 saturated carbocycles. The second kappa shape index (κ2) is 13.1. The van der Waals surface area contributed by atoms with Gasteiger partial charge in [-0.3, -0.25) is 4.99 Å². The van der Waals surface area contributed by atoms with Crippen LogP contribution >= 0.6 is 35.3 Å². The molecule has 0 unspecified atom stereocenters. The van der Waals surface area contributed by atoms with E-state index in [0.29, 0.717) is 0 Å². The lowest BCUT2D eigenvalue weighted by Crippen LogP contribution is -2.38. The van der Waals surface area contributed by atoms with Crippen molar-refractivity contribution in [1.82, 2.24) is 15.2 Å². The maximum Gasteiger partial charge on any atom is 0.194 e. The van der Waals surface area contributed by atoms with Crippen molar-refractivity contribution >= 4 is 41.3 Å². The van der Waals surface area contributed by atoms with E-state index in [2.05, 4.69) is 39.5 Å². The number of hydrogen-bond donors (Lipinski definition) is 1. The van der Waals surface area contributed by atoms with Gasteiger partial charge in [0.05, 0.1) is 17.2 Å². The highest BCUT2D eigenvalue weighted by Crippen LogP contribution is 2.09. The smallest absolute Gasteiger partial charge is 0.194 e. The largest absolute Gasteiger partial charge is 0.385 e. The van der Waals surface area contributed by atoms with Crippen LogP contribution in [0.1, 0.15) is 36.9 Å². The topological polar surface area (TPSA) is 49.8 Å². The van der Waals surface area contributed by atoms with Gasteiger partial charge in [-0.2, -0.15) is 0 Å². The standard InChI is InChI=1S/C15H28N4OS.HI/c1-5-16-15(17-9-7-6-8-10-20-4)19(3)11-14-12-21-13(2)18-14;/h12H,5-11H2,1-4H3,(H,16,17);1H. The summed E-state index contributed by atoms with van der Waals surface area (Å²) in [6, 6.07) is 0. The third-order valence-corrected chi connectivity index (χ3v) is 3.85. The number of aromatic nitrogens is 1. The molecule has 128 valence electrons. The Bertz CT molecular complexity index is 425. The predicted octanol–water partition coefficient (Wildman–Crippen LogP) is 3.28. The summed E-state index contributed by atoms with van der Waals surface area (Å²) in [4.78, 5) is 11.3. The van der Waals surface area contributed by atoms with Crippen molar-refractivity contribution in [1.29, 1.82) is 0 Å². The fourth-order valence-corrected chi connectivity index (χ4v) is 2.59. The molecule has 1 rings (SSSR count). The second-order valence-corrected chi connectivity index (χ2v) is 6.07. The van der Waals surface area contributed by atoms with E-state index in [-0.39, 0.29) is 24.0 Å². The molecule has 0 aliphatic rings. The van der Waals surface area contributed by atoms with Crippen LogP contribution in [-0.4, -0.2) is 49.7 Å². The molecule has 1 N–H and O–H groups in total. The molecule has 0 spiro atoms. The van der Waals surface area contributed by atoms with Crippen molar-refractivity contribution in [3.8, 4) is 0 Å². The highest BCUT2D eigenvalue weighted by Gasteiger charge is 2.08. The number of halogens is 1. The van der Waals surface area contributed by atoms with Crippen molar-refractivity contribution in [2.45, 2.75) is 39.7 Å². The van der Waals surface area contributed by atoms with Gasteiger partial charge >= 0.3 is 0 Å². The number of ether oxygens (including phenoxy) is 1. The fourth-order valence-electron chi connectivity index (χ4n) is 1.99. The van der Waals surface area contributed by atoms with Gasteiger partial charge in [-0.05, 0) is 33.1 Å². The Morgan fingerprint density at radius 1 is 1.41 bits per heavy atom. The Labute approximate surface area is 155 Å². The minimum Gasteiger partial charge on any atom is -0.385 e. The third kappa shape index (κ3) is 8.89. The van der Waals surface area contributed by atoms with E-state index in [1.54, 1.807) is 18.4 Å². The summed E-state index contributed by atoms with van der Waals surface area (Å²) in [5.41, 5.74) is 1.10. The summed E-state index contributed by atoms with van der Waals surface area (Å²) in [5, 5.41) is 6.56. The van der Waals surface area contributed by atoms with Gasteiger partial charge in [0.1, 0.15) is 0 Å². The van der Waals surface area contributed by atoms with Crippen molar-refractivity contribution in [3.63, 3.8) is 0 Å². The molecule has 0 aliphatic heterocycles. The minimum absolute atomic E-state index is 0. The van der Waals surface area contributed by atoms with Crippen LogP contribution in [0.25, 0.3) is 0 Å². The first-order chi connectivity index (χ1) is 10.2. The van der Waals surface area contributed by atoms with Gasteiger partial charge in [0, 0.05) is 39.2 Å². The van der Waals surface area contributed by atoms with Crippen molar-refractivity contribution in [2.75, 3.05) is 33.9 Å². The molecule has 0 bridgehead atoms. The van der Waals surface area contributed by atoms with Gasteiger partial charge in [0.25, 0.3) is 0 Å². The molecule has 22 heavy (non-hydrogen) atoms. The van der Waals surface area contributed by atoms with Crippen LogP contribution in [-0.2, 0) is 11.3 Å². The van der Waals surface area contributed by atoms with Crippen molar-refractivity contribution < 1.29 is 4.74 Å². The Morgan fingerprint density at radius 3 is 2.77 bits per heavy atom. The fraction of sp³-hybridized carbons (Fsp3) is 0.733. The maximum atomic E-state index is 5.05. The number of aliphatic imine (C=N–C) groups is 1. The summed E-state index contributed by atoms with van der Waals surface area (Å²) >= 11 is 1.69. The number of hydrogen-bond acceptors (Lipinski definition) is 4. The Hall–Kier alpha value is -0.410. The number of guanidine groups is 1. The van der Waals surface area contributed by atoms with Gasteiger partial charge < -0.3 is 15.0 Å². The van der Waals surface area contributed by atoms with Crippen LogP contribution in [0.15, 0.2) is 10.4 Å². The number of nitrogens with zero attached hydrogens (tertiary/aromatic N) is 3. The summed E-state index contributed by atoms with van der Waals surface area (Å²) < 4.78 is 5.05. The van der Waals surface area contributed by atoms with Gasteiger partial charge in [0.2, 0.25) is 0 Å². The molecule has 1 aromatic heterocycles. The normalized spacial score (nSPS) is 11.2. The van der Waals surface area contributed by atoms with Gasteiger partial charge in [-0.1, -0.05) is 0 Å². The summed E-state index contributed by atoms with van der Waals surface area (Å²) in [5.74, 6) is 0.954.